The Morgan fingerprint density at radius 2 is 2.00 bits per heavy atom. The van der Waals surface area contributed by atoms with Gasteiger partial charge in [0.15, 0.2) is 0 Å². The second-order valence-electron chi connectivity index (χ2n) is 5.27. The maximum atomic E-state index is 5.26. The second kappa shape index (κ2) is 4.55. The van der Waals surface area contributed by atoms with Crippen LogP contribution in [0, 0.1) is 0 Å². The quantitative estimate of drug-likeness (QED) is 0.829. The van der Waals surface area contributed by atoms with Crippen molar-refractivity contribution in [2.24, 2.45) is 0 Å². The fourth-order valence-electron chi connectivity index (χ4n) is 1.79. The van der Waals surface area contributed by atoms with E-state index in [-0.39, 0.29) is 11.1 Å². The number of rotatable bonds is 5. The van der Waals surface area contributed by atoms with Crippen LogP contribution in [0.5, 0.6) is 0 Å². The van der Waals surface area contributed by atoms with Crippen molar-refractivity contribution < 1.29 is 4.74 Å². The van der Waals surface area contributed by atoms with E-state index in [1.54, 1.807) is 7.11 Å². The van der Waals surface area contributed by atoms with Gasteiger partial charge in [-0.1, -0.05) is 0 Å². The minimum atomic E-state index is -0.0957. The van der Waals surface area contributed by atoms with Gasteiger partial charge in [0.05, 0.1) is 35.9 Å². The van der Waals surface area contributed by atoms with E-state index >= 15 is 0 Å². The Hall–Kier alpha value is -0.870. The average molecular weight is 225 g/mol. The van der Waals surface area contributed by atoms with Crippen LogP contribution in [0.15, 0.2) is 12.5 Å². The lowest BCUT2D eigenvalue weighted by Gasteiger charge is -2.33. The smallest absolute Gasteiger partial charge is 0.0954 e. The fraction of sp³-hybridized carbons (Fsp3) is 0.750. The first kappa shape index (κ1) is 13.2. The van der Waals surface area contributed by atoms with E-state index in [2.05, 4.69) is 42.6 Å². The third-order valence-corrected chi connectivity index (χ3v) is 3.05. The summed E-state index contributed by atoms with van der Waals surface area (Å²) in [5.41, 5.74) is 0.980. The number of ether oxygens (including phenoxy) is 1. The molecule has 92 valence electrons. The Kier molecular flexibility index (Phi) is 3.76. The average Bonchev–Trinajstić information content (AvgIpc) is 2.67. The lowest BCUT2D eigenvalue weighted by Crippen LogP contribution is -2.41. The largest absolute Gasteiger partial charge is 0.382 e. The standard InChI is InChI=1S/C12H23N3O/c1-11(2,8-16-6)15-9-14-7-10(15)12(3,4)13-5/h7,9,13H,8H2,1-6H3. The van der Waals surface area contributed by atoms with Crippen LogP contribution in [0.1, 0.15) is 33.4 Å². The van der Waals surface area contributed by atoms with Crippen LogP contribution in [-0.4, -0.2) is 30.3 Å². The molecule has 1 N–H and O–H groups in total. The summed E-state index contributed by atoms with van der Waals surface area (Å²) in [4.78, 5) is 4.25. The molecule has 1 heterocycles. The lowest BCUT2D eigenvalue weighted by atomic mass is 9.98. The molecule has 0 unspecified atom stereocenters. The van der Waals surface area contributed by atoms with Gasteiger partial charge in [-0.05, 0) is 34.7 Å². The molecule has 0 amide bonds. The van der Waals surface area contributed by atoms with Crippen LogP contribution >= 0.6 is 0 Å². The van der Waals surface area contributed by atoms with E-state index < -0.39 is 0 Å². The maximum Gasteiger partial charge on any atom is 0.0954 e. The Balaban J connectivity index is 3.12. The van der Waals surface area contributed by atoms with E-state index in [1.807, 2.05) is 19.6 Å². The molecule has 0 atom stereocenters. The SMILES string of the molecule is CNC(C)(C)c1cncn1C(C)(C)COC. The molecule has 4 nitrogen and oxygen atoms in total. The molecule has 0 saturated carbocycles. The van der Waals surface area contributed by atoms with Crippen LogP contribution in [-0.2, 0) is 15.8 Å². The van der Waals surface area contributed by atoms with Gasteiger partial charge in [-0.25, -0.2) is 4.98 Å². The van der Waals surface area contributed by atoms with Crippen molar-refractivity contribution >= 4 is 0 Å². The molecular formula is C12H23N3O. The monoisotopic (exact) mass is 225 g/mol. The third-order valence-electron chi connectivity index (χ3n) is 3.05. The number of nitrogens with zero attached hydrogens (tertiary/aromatic N) is 2. The molecule has 1 aromatic heterocycles. The van der Waals surface area contributed by atoms with Gasteiger partial charge in [0.2, 0.25) is 0 Å². The molecule has 0 bridgehead atoms. The summed E-state index contributed by atoms with van der Waals surface area (Å²) in [6.07, 6.45) is 3.78. The molecule has 1 rings (SSSR count). The summed E-state index contributed by atoms with van der Waals surface area (Å²) in [5.74, 6) is 0. The molecular weight excluding hydrogens is 202 g/mol. The number of imidazole rings is 1. The molecule has 0 aliphatic carbocycles. The van der Waals surface area contributed by atoms with Crippen molar-refractivity contribution in [3.63, 3.8) is 0 Å². The summed E-state index contributed by atoms with van der Waals surface area (Å²) in [7, 11) is 3.68. The molecule has 0 fully saturated rings. The summed E-state index contributed by atoms with van der Waals surface area (Å²) in [6.45, 7) is 9.24. The Morgan fingerprint density at radius 1 is 1.38 bits per heavy atom. The van der Waals surface area contributed by atoms with Gasteiger partial charge in [-0.3, -0.25) is 0 Å². The zero-order chi connectivity index (χ0) is 12.4. The van der Waals surface area contributed by atoms with E-state index in [1.165, 1.54) is 0 Å². The first-order valence-corrected chi connectivity index (χ1v) is 5.56. The summed E-state index contributed by atoms with van der Waals surface area (Å²) < 4.78 is 7.44. The molecule has 1 aromatic rings. The van der Waals surface area contributed by atoms with Crippen molar-refractivity contribution in [3.05, 3.63) is 18.2 Å². The third kappa shape index (κ3) is 2.44. The van der Waals surface area contributed by atoms with Crippen LogP contribution < -0.4 is 5.32 Å². The van der Waals surface area contributed by atoms with Crippen molar-refractivity contribution in [2.75, 3.05) is 20.8 Å². The zero-order valence-electron chi connectivity index (χ0n) is 11.2. The number of methoxy groups -OCH3 is 1. The van der Waals surface area contributed by atoms with Crippen LogP contribution in [0.25, 0.3) is 0 Å². The van der Waals surface area contributed by atoms with E-state index in [4.69, 9.17) is 4.74 Å². The lowest BCUT2D eigenvalue weighted by molar-refractivity contribution is 0.105. The zero-order valence-corrected chi connectivity index (χ0v) is 11.2. The molecule has 0 aliphatic heterocycles. The first-order valence-electron chi connectivity index (χ1n) is 5.56. The molecule has 0 spiro atoms. The van der Waals surface area contributed by atoms with Crippen molar-refractivity contribution in [3.8, 4) is 0 Å². The highest BCUT2D eigenvalue weighted by Gasteiger charge is 2.29. The fourth-order valence-corrected chi connectivity index (χ4v) is 1.79. The van der Waals surface area contributed by atoms with Crippen LogP contribution in [0.2, 0.25) is 0 Å². The summed E-state index contributed by atoms with van der Waals surface area (Å²) in [5, 5.41) is 3.30. The van der Waals surface area contributed by atoms with Gasteiger partial charge in [0, 0.05) is 7.11 Å². The molecule has 0 aliphatic rings. The van der Waals surface area contributed by atoms with Crippen LogP contribution in [0.4, 0.5) is 0 Å². The normalized spacial score (nSPS) is 13.1. The highest BCUT2D eigenvalue weighted by atomic mass is 16.5. The predicted molar refractivity (Wildman–Crippen MR) is 65.5 cm³/mol. The second-order valence-corrected chi connectivity index (χ2v) is 5.27. The number of hydrogen-bond donors (Lipinski definition) is 1. The minimum absolute atomic E-state index is 0.0886. The number of aromatic nitrogens is 2. The van der Waals surface area contributed by atoms with Gasteiger partial charge in [0.1, 0.15) is 0 Å². The van der Waals surface area contributed by atoms with Crippen molar-refractivity contribution in [2.45, 2.75) is 38.8 Å². The number of hydrogen-bond acceptors (Lipinski definition) is 3. The van der Waals surface area contributed by atoms with Gasteiger partial charge in [-0.15, -0.1) is 0 Å². The Bertz CT molecular complexity index is 342. The highest BCUT2D eigenvalue weighted by Crippen LogP contribution is 2.25. The van der Waals surface area contributed by atoms with Crippen molar-refractivity contribution in [1.29, 1.82) is 0 Å². The highest BCUT2D eigenvalue weighted by molar-refractivity contribution is 5.13. The Labute approximate surface area is 98.0 Å². The van der Waals surface area contributed by atoms with E-state index in [0.29, 0.717) is 6.61 Å². The molecule has 4 heteroatoms. The predicted octanol–water partition coefficient (Wildman–Crippen LogP) is 1.72. The van der Waals surface area contributed by atoms with Gasteiger partial charge >= 0.3 is 0 Å². The first-order chi connectivity index (χ1) is 7.35. The molecule has 0 radical (unpaired) electrons. The van der Waals surface area contributed by atoms with Gasteiger partial charge < -0.3 is 14.6 Å². The van der Waals surface area contributed by atoms with Gasteiger partial charge in [-0.2, -0.15) is 0 Å². The molecule has 0 saturated heterocycles. The number of nitrogens with one attached hydrogen (secondary N) is 1. The molecule has 0 aromatic carbocycles. The topological polar surface area (TPSA) is 39.1 Å². The summed E-state index contributed by atoms with van der Waals surface area (Å²) >= 11 is 0. The van der Waals surface area contributed by atoms with E-state index in [0.717, 1.165) is 5.69 Å². The van der Waals surface area contributed by atoms with Crippen LogP contribution in [0.3, 0.4) is 0 Å². The maximum absolute atomic E-state index is 5.26. The molecule has 16 heavy (non-hydrogen) atoms. The van der Waals surface area contributed by atoms with Gasteiger partial charge in [0.25, 0.3) is 0 Å². The Morgan fingerprint density at radius 3 is 2.50 bits per heavy atom. The summed E-state index contributed by atoms with van der Waals surface area (Å²) in [6, 6.07) is 0. The van der Waals surface area contributed by atoms with Crippen molar-refractivity contribution in [1.82, 2.24) is 14.9 Å². The van der Waals surface area contributed by atoms with E-state index in [9.17, 15) is 0 Å². The minimum Gasteiger partial charge on any atom is -0.382 e.